The zero-order valence-corrected chi connectivity index (χ0v) is 16.3. The number of carbonyl (C=O) groups is 1. The number of phenols is 1. The van der Waals surface area contributed by atoms with E-state index in [0.29, 0.717) is 13.1 Å². The molecule has 0 aliphatic carbocycles. The fraction of sp³-hybridized carbons (Fsp3) is 0.240. The molecule has 3 aromatic rings. The van der Waals surface area contributed by atoms with E-state index in [1.165, 1.54) is 11.1 Å². The predicted molar refractivity (Wildman–Crippen MR) is 113 cm³/mol. The fourth-order valence-corrected chi connectivity index (χ4v) is 4.09. The van der Waals surface area contributed by atoms with Crippen molar-refractivity contribution in [1.29, 1.82) is 0 Å². The molecule has 148 valence electrons. The second kappa shape index (κ2) is 8.82. The summed E-state index contributed by atoms with van der Waals surface area (Å²) in [4.78, 5) is 14.5. The summed E-state index contributed by atoms with van der Waals surface area (Å²) in [5.74, 6) is 0.738. The predicted octanol–water partition coefficient (Wildman–Crippen LogP) is 5.30. The highest BCUT2D eigenvalue weighted by molar-refractivity contribution is 5.68. The number of benzene rings is 3. The number of piperidine rings is 1. The third-order valence-corrected chi connectivity index (χ3v) is 5.63. The van der Waals surface area contributed by atoms with E-state index in [-0.39, 0.29) is 30.3 Å². The van der Waals surface area contributed by atoms with Crippen LogP contribution < -0.4 is 0 Å². The number of hydrogen-bond acceptors (Lipinski definition) is 3. The molecule has 2 unspecified atom stereocenters. The quantitative estimate of drug-likeness (QED) is 0.661. The van der Waals surface area contributed by atoms with Gasteiger partial charge in [-0.3, -0.25) is 0 Å². The van der Waals surface area contributed by atoms with Gasteiger partial charge in [-0.2, -0.15) is 0 Å². The Morgan fingerprint density at radius 3 is 2.17 bits per heavy atom. The van der Waals surface area contributed by atoms with E-state index in [9.17, 15) is 9.90 Å². The topological polar surface area (TPSA) is 49.8 Å². The van der Waals surface area contributed by atoms with Crippen molar-refractivity contribution in [3.8, 4) is 5.75 Å². The van der Waals surface area contributed by atoms with Crippen molar-refractivity contribution in [2.24, 2.45) is 0 Å². The summed E-state index contributed by atoms with van der Waals surface area (Å²) in [7, 11) is 0. The molecular weight excluding hydrogens is 362 g/mol. The summed E-state index contributed by atoms with van der Waals surface area (Å²) in [6, 6.07) is 27.5. The van der Waals surface area contributed by atoms with Gasteiger partial charge in [-0.05, 0) is 41.2 Å². The molecule has 0 radical (unpaired) electrons. The van der Waals surface area contributed by atoms with Crippen LogP contribution in [0.15, 0.2) is 84.9 Å². The van der Waals surface area contributed by atoms with Crippen LogP contribution in [-0.2, 0) is 11.3 Å². The average Bonchev–Trinajstić information content (AvgIpc) is 2.79. The lowest BCUT2D eigenvalue weighted by Crippen LogP contribution is -2.42. The largest absolute Gasteiger partial charge is 0.508 e. The molecule has 0 saturated carbocycles. The summed E-state index contributed by atoms with van der Waals surface area (Å²) < 4.78 is 5.56. The van der Waals surface area contributed by atoms with Gasteiger partial charge in [0.05, 0.1) is 0 Å². The first-order valence-corrected chi connectivity index (χ1v) is 10.0. The van der Waals surface area contributed by atoms with Crippen LogP contribution in [0.25, 0.3) is 0 Å². The Morgan fingerprint density at radius 1 is 0.862 bits per heavy atom. The number of likely N-dealkylation sites (tertiary alicyclic amines) is 1. The molecule has 4 heteroatoms. The molecule has 0 spiro atoms. The lowest BCUT2D eigenvalue weighted by atomic mass is 9.77. The standard InChI is InChI=1S/C25H25NO3/c27-22-13-11-21(12-14-22)23-15-16-26(17-24(23)20-9-5-2-6-10-20)25(28)29-18-19-7-3-1-4-8-19/h1-14,23-24,27H,15-18H2. The molecule has 1 aliphatic heterocycles. The summed E-state index contributed by atoms with van der Waals surface area (Å²) in [6.45, 7) is 1.55. The van der Waals surface area contributed by atoms with Crippen molar-refractivity contribution in [2.45, 2.75) is 24.9 Å². The molecule has 4 rings (SSSR count). The number of rotatable bonds is 4. The third-order valence-electron chi connectivity index (χ3n) is 5.63. The van der Waals surface area contributed by atoms with Gasteiger partial charge in [0.25, 0.3) is 0 Å². The highest BCUT2D eigenvalue weighted by Crippen LogP contribution is 2.40. The zero-order valence-electron chi connectivity index (χ0n) is 16.3. The highest BCUT2D eigenvalue weighted by atomic mass is 16.6. The molecule has 4 nitrogen and oxygen atoms in total. The maximum absolute atomic E-state index is 12.7. The molecule has 1 N–H and O–H groups in total. The lowest BCUT2D eigenvalue weighted by Gasteiger charge is -2.38. The van der Waals surface area contributed by atoms with Crippen LogP contribution in [0, 0.1) is 0 Å². The molecule has 1 amide bonds. The molecular formula is C25H25NO3. The first-order chi connectivity index (χ1) is 14.2. The fourth-order valence-electron chi connectivity index (χ4n) is 4.09. The zero-order chi connectivity index (χ0) is 20.1. The van der Waals surface area contributed by atoms with Gasteiger partial charge in [0.2, 0.25) is 0 Å². The van der Waals surface area contributed by atoms with E-state index < -0.39 is 0 Å². The molecule has 0 bridgehead atoms. The van der Waals surface area contributed by atoms with Crippen molar-refractivity contribution >= 4 is 6.09 Å². The summed E-state index contributed by atoms with van der Waals surface area (Å²) in [5.41, 5.74) is 3.39. The van der Waals surface area contributed by atoms with Gasteiger partial charge >= 0.3 is 6.09 Å². The Labute approximate surface area is 171 Å². The molecule has 1 fully saturated rings. The van der Waals surface area contributed by atoms with Crippen molar-refractivity contribution in [1.82, 2.24) is 4.90 Å². The number of ether oxygens (including phenoxy) is 1. The second-order valence-electron chi connectivity index (χ2n) is 7.49. The number of aromatic hydroxyl groups is 1. The Kier molecular flexibility index (Phi) is 5.80. The van der Waals surface area contributed by atoms with Crippen molar-refractivity contribution in [3.05, 3.63) is 102 Å². The van der Waals surface area contributed by atoms with E-state index >= 15 is 0 Å². The highest BCUT2D eigenvalue weighted by Gasteiger charge is 2.34. The monoisotopic (exact) mass is 387 g/mol. The van der Waals surface area contributed by atoms with Gasteiger partial charge < -0.3 is 14.7 Å². The van der Waals surface area contributed by atoms with Crippen LogP contribution in [0.4, 0.5) is 4.79 Å². The molecule has 3 aromatic carbocycles. The maximum atomic E-state index is 12.7. The van der Waals surface area contributed by atoms with Gasteiger partial charge in [0.1, 0.15) is 12.4 Å². The number of hydrogen-bond donors (Lipinski definition) is 1. The Bertz CT molecular complexity index is 925. The first-order valence-electron chi connectivity index (χ1n) is 10.0. The average molecular weight is 387 g/mol. The van der Waals surface area contributed by atoms with E-state index in [1.807, 2.05) is 65.6 Å². The molecule has 0 aromatic heterocycles. The van der Waals surface area contributed by atoms with Crippen LogP contribution in [0.1, 0.15) is 34.9 Å². The van der Waals surface area contributed by atoms with Gasteiger partial charge in [0, 0.05) is 19.0 Å². The number of carbonyl (C=O) groups excluding carboxylic acids is 1. The van der Waals surface area contributed by atoms with Gasteiger partial charge in [-0.15, -0.1) is 0 Å². The van der Waals surface area contributed by atoms with Crippen molar-refractivity contribution in [2.75, 3.05) is 13.1 Å². The van der Waals surface area contributed by atoms with E-state index in [0.717, 1.165) is 12.0 Å². The van der Waals surface area contributed by atoms with Crippen LogP contribution >= 0.6 is 0 Å². The van der Waals surface area contributed by atoms with Crippen LogP contribution in [0.3, 0.4) is 0 Å². The lowest BCUT2D eigenvalue weighted by molar-refractivity contribution is 0.0826. The maximum Gasteiger partial charge on any atom is 0.410 e. The van der Waals surface area contributed by atoms with Gasteiger partial charge in [-0.1, -0.05) is 72.8 Å². The van der Waals surface area contributed by atoms with Gasteiger partial charge in [0.15, 0.2) is 0 Å². The summed E-state index contributed by atoms with van der Waals surface area (Å²) >= 11 is 0. The Hall–Kier alpha value is -3.27. The third kappa shape index (κ3) is 4.60. The molecule has 1 heterocycles. The minimum Gasteiger partial charge on any atom is -0.508 e. The summed E-state index contributed by atoms with van der Waals surface area (Å²) in [5, 5.41) is 9.64. The Morgan fingerprint density at radius 2 is 1.48 bits per heavy atom. The molecule has 1 aliphatic rings. The van der Waals surface area contributed by atoms with Gasteiger partial charge in [-0.25, -0.2) is 4.79 Å². The molecule has 29 heavy (non-hydrogen) atoms. The smallest absolute Gasteiger partial charge is 0.410 e. The summed E-state index contributed by atoms with van der Waals surface area (Å²) in [6.07, 6.45) is 0.587. The Balaban J connectivity index is 1.50. The number of nitrogens with zero attached hydrogens (tertiary/aromatic N) is 1. The SMILES string of the molecule is O=C(OCc1ccccc1)N1CCC(c2ccc(O)cc2)C(c2ccccc2)C1. The van der Waals surface area contributed by atoms with E-state index in [1.54, 1.807) is 12.1 Å². The van der Waals surface area contributed by atoms with Crippen LogP contribution in [-0.4, -0.2) is 29.2 Å². The normalized spacial score (nSPS) is 19.0. The molecule has 2 atom stereocenters. The number of amides is 1. The minimum absolute atomic E-state index is 0.179. The van der Waals surface area contributed by atoms with E-state index in [2.05, 4.69) is 12.1 Å². The van der Waals surface area contributed by atoms with Crippen LogP contribution in [0.2, 0.25) is 0 Å². The second-order valence-corrected chi connectivity index (χ2v) is 7.49. The number of phenolic OH excluding ortho intramolecular Hbond substituents is 1. The molecule has 1 saturated heterocycles. The minimum atomic E-state index is -0.265. The van der Waals surface area contributed by atoms with Crippen LogP contribution in [0.5, 0.6) is 5.75 Å². The van der Waals surface area contributed by atoms with E-state index in [4.69, 9.17) is 4.74 Å². The van der Waals surface area contributed by atoms with Crippen molar-refractivity contribution < 1.29 is 14.6 Å². The van der Waals surface area contributed by atoms with Crippen molar-refractivity contribution in [3.63, 3.8) is 0 Å². The first kappa shape index (κ1) is 19.1.